The topological polar surface area (TPSA) is 64.8 Å². The second-order valence-electron chi connectivity index (χ2n) is 8.51. The van der Waals surface area contributed by atoms with Crippen LogP contribution < -0.4 is 10.5 Å². The van der Waals surface area contributed by atoms with Gasteiger partial charge in [-0.25, -0.2) is 9.18 Å². The van der Waals surface area contributed by atoms with E-state index < -0.39 is 11.7 Å². The van der Waals surface area contributed by atoms with Crippen LogP contribution in [0.1, 0.15) is 24.8 Å². The molecule has 2 bridgehead atoms. The Morgan fingerprint density at radius 1 is 1.10 bits per heavy atom. The summed E-state index contributed by atoms with van der Waals surface area (Å²) in [6.07, 6.45) is 2.51. The summed E-state index contributed by atoms with van der Waals surface area (Å²) in [6.45, 7) is 3.43. The second kappa shape index (κ2) is 7.02. The van der Waals surface area contributed by atoms with Gasteiger partial charge in [-0.1, -0.05) is 12.1 Å². The summed E-state index contributed by atoms with van der Waals surface area (Å²) >= 11 is 0. The SMILES string of the molecule is NC(=O)OC1(c2cccc(Oc3ccc(F)cc3)c2)CC1C1CN2CCC1CC2. The van der Waals surface area contributed by atoms with Crippen LogP contribution in [0.2, 0.25) is 0 Å². The fourth-order valence-corrected chi connectivity index (χ4v) is 5.38. The number of fused-ring (bicyclic) bond motifs is 3. The molecule has 3 aliphatic heterocycles. The Hall–Kier alpha value is -2.60. The van der Waals surface area contributed by atoms with Gasteiger partial charge in [0, 0.05) is 12.5 Å². The molecule has 3 heterocycles. The molecule has 0 aromatic heterocycles. The highest BCUT2D eigenvalue weighted by Gasteiger charge is 2.64. The zero-order valence-corrected chi connectivity index (χ0v) is 16.2. The largest absolute Gasteiger partial charge is 0.457 e. The molecule has 0 radical (unpaired) electrons. The zero-order valence-electron chi connectivity index (χ0n) is 16.2. The zero-order chi connectivity index (χ0) is 20.0. The molecule has 2 N–H and O–H groups in total. The Morgan fingerprint density at radius 2 is 1.86 bits per heavy atom. The van der Waals surface area contributed by atoms with Crippen LogP contribution in [0.5, 0.6) is 11.5 Å². The normalized spacial score (nSPS) is 32.6. The molecule has 5 nitrogen and oxygen atoms in total. The second-order valence-corrected chi connectivity index (χ2v) is 8.51. The molecule has 1 amide bonds. The average molecular weight is 396 g/mol. The fourth-order valence-electron chi connectivity index (χ4n) is 5.38. The third-order valence-electron chi connectivity index (χ3n) is 6.84. The number of hydrogen-bond donors (Lipinski definition) is 1. The summed E-state index contributed by atoms with van der Waals surface area (Å²) in [5.74, 6) is 2.38. The Labute approximate surface area is 169 Å². The molecule has 3 saturated heterocycles. The minimum atomic E-state index is -0.737. The summed E-state index contributed by atoms with van der Waals surface area (Å²) in [5.41, 5.74) is 5.71. The van der Waals surface area contributed by atoms with Gasteiger partial charge >= 0.3 is 6.09 Å². The summed E-state index contributed by atoms with van der Waals surface area (Å²) in [4.78, 5) is 14.3. The number of rotatable bonds is 5. The van der Waals surface area contributed by atoms with Crippen molar-refractivity contribution < 1.29 is 18.7 Å². The predicted octanol–water partition coefficient (Wildman–Crippen LogP) is 4.27. The molecule has 2 aromatic carbocycles. The van der Waals surface area contributed by atoms with Crippen molar-refractivity contribution in [1.29, 1.82) is 0 Å². The van der Waals surface area contributed by atoms with Crippen molar-refractivity contribution in [1.82, 2.24) is 4.90 Å². The lowest BCUT2D eigenvalue weighted by molar-refractivity contribution is 0.00837. The van der Waals surface area contributed by atoms with Crippen LogP contribution in [0, 0.1) is 23.6 Å². The van der Waals surface area contributed by atoms with E-state index in [0.717, 1.165) is 18.5 Å². The van der Waals surface area contributed by atoms with Gasteiger partial charge in [0.1, 0.15) is 22.9 Å². The number of piperidine rings is 3. The lowest BCUT2D eigenvalue weighted by Gasteiger charge is -2.45. The highest BCUT2D eigenvalue weighted by atomic mass is 19.1. The van der Waals surface area contributed by atoms with Crippen LogP contribution in [-0.2, 0) is 10.3 Å². The maximum absolute atomic E-state index is 13.1. The average Bonchev–Trinajstić information content (AvgIpc) is 3.45. The number of benzene rings is 2. The van der Waals surface area contributed by atoms with Gasteiger partial charge in [-0.05, 0) is 86.1 Å². The molecular formula is C23H25FN2O3. The summed E-state index contributed by atoms with van der Waals surface area (Å²) < 4.78 is 24.8. The number of amides is 1. The molecule has 6 heteroatoms. The van der Waals surface area contributed by atoms with Crippen LogP contribution in [0.3, 0.4) is 0 Å². The first-order valence-corrected chi connectivity index (χ1v) is 10.3. The van der Waals surface area contributed by atoms with Gasteiger partial charge in [-0.3, -0.25) is 0 Å². The van der Waals surface area contributed by atoms with Gasteiger partial charge in [0.05, 0.1) is 0 Å². The van der Waals surface area contributed by atoms with E-state index in [9.17, 15) is 9.18 Å². The van der Waals surface area contributed by atoms with Crippen LogP contribution in [0.25, 0.3) is 0 Å². The Balaban J connectivity index is 1.40. The van der Waals surface area contributed by atoms with E-state index in [4.69, 9.17) is 15.2 Å². The van der Waals surface area contributed by atoms with Gasteiger partial charge in [-0.2, -0.15) is 0 Å². The first-order chi connectivity index (χ1) is 14.0. The van der Waals surface area contributed by atoms with Crippen molar-refractivity contribution in [2.24, 2.45) is 23.5 Å². The van der Waals surface area contributed by atoms with Crippen molar-refractivity contribution in [3.8, 4) is 11.5 Å². The van der Waals surface area contributed by atoms with Gasteiger partial charge in [0.15, 0.2) is 0 Å². The molecule has 6 rings (SSSR count). The Morgan fingerprint density at radius 3 is 2.52 bits per heavy atom. The molecule has 3 atom stereocenters. The number of halogens is 1. The van der Waals surface area contributed by atoms with Gasteiger partial charge in [0.2, 0.25) is 0 Å². The van der Waals surface area contributed by atoms with E-state index >= 15 is 0 Å². The smallest absolute Gasteiger partial charge is 0.405 e. The van der Waals surface area contributed by atoms with Crippen molar-refractivity contribution in [3.63, 3.8) is 0 Å². The maximum Gasteiger partial charge on any atom is 0.405 e. The predicted molar refractivity (Wildman–Crippen MR) is 106 cm³/mol. The van der Waals surface area contributed by atoms with Crippen LogP contribution in [0.15, 0.2) is 48.5 Å². The standard InChI is InChI=1S/C23H25FN2O3/c24-17-4-6-18(7-5-17)28-19-3-1-2-16(12-19)23(29-22(25)27)13-21(23)20-14-26-10-8-15(20)9-11-26/h1-7,12,15,20-21H,8-11,13-14H2,(H2,25,27). The van der Waals surface area contributed by atoms with E-state index in [1.54, 1.807) is 12.1 Å². The van der Waals surface area contributed by atoms with E-state index in [1.807, 2.05) is 24.3 Å². The molecule has 4 aliphatic rings. The van der Waals surface area contributed by atoms with E-state index in [-0.39, 0.29) is 11.7 Å². The summed E-state index contributed by atoms with van der Waals surface area (Å²) in [7, 11) is 0. The number of nitrogens with zero attached hydrogens (tertiary/aromatic N) is 1. The van der Waals surface area contributed by atoms with Gasteiger partial charge in [-0.15, -0.1) is 0 Å². The third kappa shape index (κ3) is 3.46. The molecule has 2 aromatic rings. The number of carbonyl (C=O) groups is 1. The Bertz CT molecular complexity index is 911. The van der Waals surface area contributed by atoms with Crippen molar-refractivity contribution in [2.45, 2.75) is 24.9 Å². The number of carbonyl (C=O) groups excluding carboxylic acids is 1. The molecule has 152 valence electrons. The van der Waals surface area contributed by atoms with Gasteiger partial charge in [0.25, 0.3) is 0 Å². The quantitative estimate of drug-likeness (QED) is 0.820. The van der Waals surface area contributed by atoms with Crippen LogP contribution >= 0.6 is 0 Å². The minimum absolute atomic E-state index is 0.282. The lowest BCUT2D eigenvalue weighted by Crippen LogP contribution is -2.49. The van der Waals surface area contributed by atoms with E-state index in [0.29, 0.717) is 23.3 Å². The molecular weight excluding hydrogens is 371 g/mol. The van der Waals surface area contributed by atoms with Crippen LogP contribution in [0.4, 0.5) is 9.18 Å². The van der Waals surface area contributed by atoms with E-state index in [1.165, 1.54) is 38.1 Å². The maximum atomic E-state index is 13.1. The molecule has 1 saturated carbocycles. The minimum Gasteiger partial charge on any atom is -0.457 e. The Kier molecular flexibility index (Phi) is 4.46. The first kappa shape index (κ1) is 18.4. The van der Waals surface area contributed by atoms with E-state index in [2.05, 4.69) is 4.90 Å². The highest BCUT2D eigenvalue weighted by molar-refractivity contribution is 5.66. The summed E-state index contributed by atoms with van der Waals surface area (Å²) in [6, 6.07) is 13.5. The number of nitrogens with two attached hydrogens (primary N) is 1. The van der Waals surface area contributed by atoms with Crippen molar-refractivity contribution in [2.75, 3.05) is 19.6 Å². The van der Waals surface area contributed by atoms with Crippen molar-refractivity contribution in [3.05, 3.63) is 59.9 Å². The number of primary amides is 1. The van der Waals surface area contributed by atoms with Crippen LogP contribution in [-0.4, -0.2) is 30.6 Å². The number of hydrogen-bond acceptors (Lipinski definition) is 4. The molecule has 29 heavy (non-hydrogen) atoms. The number of ether oxygens (including phenoxy) is 2. The first-order valence-electron chi connectivity index (χ1n) is 10.3. The molecule has 4 fully saturated rings. The monoisotopic (exact) mass is 396 g/mol. The van der Waals surface area contributed by atoms with Crippen molar-refractivity contribution >= 4 is 6.09 Å². The molecule has 3 unspecified atom stereocenters. The molecule has 0 spiro atoms. The fraction of sp³-hybridized carbons (Fsp3) is 0.435. The van der Waals surface area contributed by atoms with Gasteiger partial charge < -0.3 is 20.1 Å². The summed E-state index contributed by atoms with van der Waals surface area (Å²) in [5, 5.41) is 0. The highest BCUT2D eigenvalue weighted by Crippen LogP contribution is 2.62. The molecule has 1 aliphatic carbocycles. The third-order valence-corrected chi connectivity index (χ3v) is 6.84. The lowest BCUT2D eigenvalue weighted by atomic mass is 9.75.